The summed E-state index contributed by atoms with van der Waals surface area (Å²) in [7, 11) is 1.90. The van der Waals surface area contributed by atoms with Crippen LogP contribution in [0.1, 0.15) is 29.2 Å². The summed E-state index contributed by atoms with van der Waals surface area (Å²) < 4.78 is 0. The average molecular weight is 321 g/mol. The Balaban J connectivity index is 1.98. The van der Waals surface area contributed by atoms with E-state index in [1.807, 2.05) is 55.3 Å². The molecule has 2 rings (SSSR count). The molecule has 0 spiro atoms. The van der Waals surface area contributed by atoms with Gasteiger partial charge < -0.3 is 5.32 Å². The van der Waals surface area contributed by atoms with Crippen molar-refractivity contribution in [3.8, 4) is 6.07 Å². The van der Waals surface area contributed by atoms with Crippen LogP contribution >= 0.6 is 0 Å². The number of rotatable bonds is 6. The molecule has 2 aromatic carbocycles. The van der Waals surface area contributed by atoms with E-state index in [4.69, 9.17) is 5.26 Å². The lowest BCUT2D eigenvalue weighted by Crippen LogP contribution is -2.30. The minimum absolute atomic E-state index is 0.0297. The van der Waals surface area contributed by atoms with Crippen LogP contribution < -0.4 is 5.32 Å². The molecular weight excluding hydrogens is 298 g/mol. The second-order valence-electron chi connectivity index (χ2n) is 6.00. The first-order valence-electron chi connectivity index (χ1n) is 8.09. The van der Waals surface area contributed by atoms with Gasteiger partial charge in [-0.05, 0) is 49.2 Å². The van der Waals surface area contributed by atoms with E-state index in [0.29, 0.717) is 18.7 Å². The van der Waals surface area contributed by atoms with Crippen molar-refractivity contribution in [3.05, 3.63) is 64.7 Å². The predicted molar refractivity (Wildman–Crippen MR) is 96.7 cm³/mol. The van der Waals surface area contributed by atoms with E-state index in [1.54, 1.807) is 6.07 Å². The molecule has 0 aliphatic heterocycles. The number of carbonyl (C=O) groups is 1. The maximum absolute atomic E-state index is 12.4. The molecule has 0 radical (unpaired) electrons. The number of amides is 1. The highest BCUT2D eigenvalue weighted by molar-refractivity contribution is 5.93. The van der Waals surface area contributed by atoms with Crippen LogP contribution in [0.15, 0.2) is 42.5 Å². The van der Waals surface area contributed by atoms with Crippen LogP contribution in [-0.4, -0.2) is 24.4 Å². The van der Waals surface area contributed by atoms with Gasteiger partial charge in [-0.25, -0.2) is 0 Å². The fourth-order valence-corrected chi connectivity index (χ4v) is 2.73. The minimum atomic E-state index is -0.0297. The van der Waals surface area contributed by atoms with Gasteiger partial charge in [-0.3, -0.25) is 9.69 Å². The van der Waals surface area contributed by atoms with Crippen molar-refractivity contribution >= 4 is 11.6 Å². The zero-order valence-electron chi connectivity index (χ0n) is 14.5. The van der Waals surface area contributed by atoms with E-state index in [9.17, 15) is 4.79 Å². The Morgan fingerprint density at radius 3 is 2.71 bits per heavy atom. The van der Waals surface area contributed by atoms with Gasteiger partial charge in [0.25, 0.3) is 0 Å². The predicted octanol–water partition coefficient (Wildman–Crippen LogP) is 3.50. The Morgan fingerprint density at radius 2 is 2.00 bits per heavy atom. The lowest BCUT2D eigenvalue weighted by atomic mass is 10.1. The highest BCUT2D eigenvalue weighted by Gasteiger charge is 2.11. The molecule has 0 atom stereocenters. The molecule has 1 amide bonds. The molecular formula is C20H23N3O. The van der Waals surface area contributed by atoms with Crippen LogP contribution in [0.5, 0.6) is 0 Å². The summed E-state index contributed by atoms with van der Waals surface area (Å²) >= 11 is 0. The molecule has 0 heterocycles. The first-order valence-corrected chi connectivity index (χ1v) is 8.09. The van der Waals surface area contributed by atoms with Crippen LogP contribution in [0.4, 0.5) is 5.69 Å². The van der Waals surface area contributed by atoms with Gasteiger partial charge in [-0.1, -0.05) is 37.3 Å². The van der Waals surface area contributed by atoms with Gasteiger partial charge >= 0.3 is 0 Å². The summed E-state index contributed by atoms with van der Waals surface area (Å²) in [6.45, 7) is 5.01. The van der Waals surface area contributed by atoms with Crippen LogP contribution in [0.25, 0.3) is 0 Å². The number of carbonyl (C=O) groups excluding carboxylic acids is 1. The number of anilines is 1. The third-order valence-corrected chi connectivity index (χ3v) is 3.93. The van der Waals surface area contributed by atoms with Crippen molar-refractivity contribution in [2.75, 3.05) is 18.9 Å². The number of hydrogen-bond donors (Lipinski definition) is 1. The molecule has 0 aliphatic carbocycles. The van der Waals surface area contributed by atoms with Crippen molar-refractivity contribution in [3.63, 3.8) is 0 Å². The standard InChI is InChI=1S/C20H23N3O/c1-4-18-10-5-7-15(2)20(18)22-19(24)14-23(3)13-17-9-6-8-16(11-17)12-21/h5-11H,4,13-14H2,1-3H3,(H,22,24). The summed E-state index contributed by atoms with van der Waals surface area (Å²) in [4.78, 5) is 14.3. The van der Waals surface area contributed by atoms with E-state index in [1.165, 1.54) is 0 Å². The zero-order chi connectivity index (χ0) is 17.5. The maximum atomic E-state index is 12.4. The average Bonchev–Trinajstić information content (AvgIpc) is 2.56. The quantitative estimate of drug-likeness (QED) is 0.886. The molecule has 0 saturated carbocycles. The first kappa shape index (κ1) is 17.7. The lowest BCUT2D eigenvalue weighted by molar-refractivity contribution is -0.117. The number of nitrogens with one attached hydrogen (secondary N) is 1. The summed E-state index contributed by atoms with van der Waals surface area (Å²) in [6.07, 6.45) is 0.883. The van der Waals surface area contributed by atoms with Gasteiger partial charge in [-0.2, -0.15) is 5.26 Å². The highest BCUT2D eigenvalue weighted by atomic mass is 16.2. The van der Waals surface area contributed by atoms with E-state index in [-0.39, 0.29) is 5.91 Å². The number of likely N-dealkylation sites (N-methyl/N-ethyl adjacent to an activating group) is 1. The van der Waals surface area contributed by atoms with E-state index in [0.717, 1.165) is 28.8 Å². The van der Waals surface area contributed by atoms with E-state index in [2.05, 4.69) is 18.3 Å². The summed E-state index contributed by atoms with van der Waals surface area (Å²) in [5.41, 5.74) is 4.80. The van der Waals surface area contributed by atoms with Gasteiger partial charge in [0.2, 0.25) is 5.91 Å². The molecule has 0 fully saturated rings. The molecule has 24 heavy (non-hydrogen) atoms. The largest absolute Gasteiger partial charge is 0.324 e. The Labute approximate surface area is 143 Å². The van der Waals surface area contributed by atoms with Crippen molar-refractivity contribution in [2.45, 2.75) is 26.8 Å². The third-order valence-electron chi connectivity index (χ3n) is 3.93. The van der Waals surface area contributed by atoms with Gasteiger partial charge in [0.1, 0.15) is 0 Å². The first-order chi connectivity index (χ1) is 11.5. The molecule has 0 bridgehead atoms. The van der Waals surface area contributed by atoms with Crippen LogP contribution in [0, 0.1) is 18.3 Å². The Bertz CT molecular complexity index is 762. The molecule has 124 valence electrons. The second-order valence-corrected chi connectivity index (χ2v) is 6.00. The van der Waals surface area contributed by atoms with Gasteiger partial charge in [0, 0.05) is 12.2 Å². The molecule has 0 saturated heterocycles. The topological polar surface area (TPSA) is 56.1 Å². The molecule has 1 N–H and O–H groups in total. The molecule has 2 aromatic rings. The number of hydrogen-bond acceptors (Lipinski definition) is 3. The molecule has 0 unspecified atom stereocenters. The summed E-state index contributed by atoms with van der Waals surface area (Å²) in [5.74, 6) is -0.0297. The number of aryl methyl sites for hydroxylation is 2. The number of benzene rings is 2. The molecule has 4 heteroatoms. The Morgan fingerprint density at radius 1 is 1.25 bits per heavy atom. The van der Waals surface area contributed by atoms with Gasteiger partial charge in [-0.15, -0.1) is 0 Å². The van der Waals surface area contributed by atoms with Crippen LogP contribution in [0.3, 0.4) is 0 Å². The fraction of sp³-hybridized carbons (Fsp3) is 0.300. The smallest absolute Gasteiger partial charge is 0.238 e. The van der Waals surface area contributed by atoms with E-state index >= 15 is 0 Å². The van der Waals surface area contributed by atoms with E-state index < -0.39 is 0 Å². The van der Waals surface area contributed by atoms with Crippen LogP contribution in [-0.2, 0) is 17.8 Å². The molecule has 4 nitrogen and oxygen atoms in total. The Hall–Kier alpha value is -2.64. The SMILES string of the molecule is CCc1cccc(C)c1NC(=O)CN(C)Cc1cccc(C#N)c1. The summed E-state index contributed by atoms with van der Waals surface area (Å²) in [6, 6.07) is 15.7. The van der Waals surface area contributed by atoms with Crippen molar-refractivity contribution in [2.24, 2.45) is 0 Å². The van der Waals surface area contributed by atoms with Crippen molar-refractivity contribution < 1.29 is 4.79 Å². The fourth-order valence-electron chi connectivity index (χ4n) is 2.73. The lowest BCUT2D eigenvalue weighted by Gasteiger charge is -2.18. The number of nitrogens with zero attached hydrogens (tertiary/aromatic N) is 2. The third kappa shape index (κ3) is 4.68. The Kier molecular flexibility index (Phi) is 6.11. The van der Waals surface area contributed by atoms with Gasteiger partial charge in [0.15, 0.2) is 0 Å². The maximum Gasteiger partial charge on any atom is 0.238 e. The minimum Gasteiger partial charge on any atom is -0.324 e. The van der Waals surface area contributed by atoms with Crippen LogP contribution in [0.2, 0.25) is 0 Å². The number of nitriles is 1. The molecule has 0 aromatic heterocycles. The molecule has 0 aliphatic rings. The monoisotopic (exact) mass is 321 g/mol. The normalized spacial score (nSPS) is 10.5. The number of para-hydroxylation sites is 1. The summed E-state index contributed by atoms with van der Waals surface area (Å²) in [5, 5.41) is 12.0. The second kappa shape index (κ2) is 8.28. The van der Waals surface area contributed by atoms with Crippen molar-refractivity contribution in [1.82, 2.24) is 4.90 Å². The highest BCUT2D eigenvalue weighted by Crippen LogP contribution is 2.21. The van der Waals surface area contributed by atoms with Gasteiger partial charge in [0.05, 0.1) is 18.2 Å². The van der Waals surface area contributed by atoms with Crippen molar-refractivity contribution in [1.29, 1.82) is 5.26 Å². The zero-order valence-corrected chi connectivity index (χ0v) is 14.5.